The molecule has 6 heteroatoms. The number of hydrogen-bond acceptors (Lipinski definition) is 2. The van der Waals surface area contributed by atoms with E-state index in [2.05, 4.69) is 5.32 Å². The molecule has 0 aliphatic heterocycles. The molecule has 2 N–H and O–H groups in total. The summed E-state index contributed by atoms with van der Waals surface area (Å²) in [4.78, 5) is 22.5. The van der Waals surface area contributed by atoms with Crippen molar-refractivity contribution in [2.24, 2.45) is 0 Å². The SMILES string of the molecule is CCC[C@@H](NC(=O)Cc1ccc(F)c(F)c1)C(=O)O. The number of aliphatic carboxylic acids is 1. The average Bonchev–Trinajstić information content (AvgIpc) is 2.33. The molecule has 0 heterocycles. The average molecular weight is 271 g/mol. The molecule has 1 aromatic rings. The van der Waals surface area contributed by atoms with Gasteiger partial charge in [0.25, 0.3) is 0 Å². The number of benzene rings is 1. The third-order valence-electron chi connectivity index (χ3n) is 2.56. The molecule has 4 nitrogen and oxygen atoms in total. The second-order valence-corrected chi connectivity index (χ2v) is 4.17. The monoisotopic (exact) mass is 271 g/mol. The van der Waals surface area contributed by atoms with Gasteiger partial charge in [0.05, 0.1) is 6.42 Å². The lowest BCUT2D eigenvalue weighted by atomic mass is 10.1. The summed E-state index contributed by atoms with van der Waals surface area (Å²) >= 11 is 0. The standard InChI is InChI=1S/C13H15F2NO3/c1-2-3-11(13(18)19)16-12(17)7-8-4-5-9(14)10(15)6-8/h4-6,11H,2-3,7H2,1H3,(H,16,17)(H,18,19)/t11-/m1/s1. The summed E-state index contributed by atoms with van der Waals surface area (Å²) in [5.41, 5.74) is 0.289. The smallest absolute Gasteiger partial charge is 0.326 e. The van der Waals surface area contributed by atoms with E-state index in [1.165, 1.54) is 6.07 Å². The number of carboxylic acids is 1. The van der Waals surface area contributed by atoms with Crippen LogP contribution in [0.15, 0.2) is 18.2 Å². The number of rotatable bonds is 6. The second kappa shape index (κ2) is 6.82. The summed E-state index contributed by atoms with van der Waals surface area (Å²) in [5.74, 6) is -3.67. The summed E-state index contributed by atoms with van der Waals surface area (Å²) in [6.45, 7) is 1.80. The molecule has 0 unspecified atom stereocenters. The van der Waals surface area contributed by atoms with Crippen LogP contribution in [0, 0.1) is 11.6 Å². The summed E-state index contributed by atoms with van der Waals surface area (Å²) in [6, 6.07) is 2.18. The van der Waals surface area contributed by atoms with Crippen LogP contribution in [0.4, 0.5) is 8.78 Å². The largest absolute Gasteiger partial charge is 0.480 e. The highest BCUT2D eigenvalue weighted by Gasteiger charge is 2.18. The highest BCUT2D eigenvalue weighted by molar-refractivity contribution is 5.84. The maximum Gasteiger partial charge on any atom is 0.326 e. The molecule has 1 aromatic carbocycles. The highest BCUT2D eigenvalue weighted by Crippen LogP contribution is 2.09. The van der Waals surface area contributed by atoms with Gasteiger partial charge >= 0.3 is 5.97 Å². The van der Waals surface area contributed by atoms with Gasteiger partial charge in [-0.25, -0.2) is 13.6 Å². The van der Waals surface area contributed by atoms with Crippen molar-refractivity contribution in [2.75, 3.05) is 0 Å². The van der Waals surface area contributed by atoms with Crippen LogP contribution in [0.1, 0.15) is 25.3 Å². The van der Waals surface area contributed by atoms with Crippen LogP contribution in [-0.4, -0.2) is 23.0 Å². The number of carbonyl (C=O) groups is 2. The summed E-state index contributed by atoms with van der Waals surface area (Å²) < 4.78 is 25.6. The summed E-state index contributed by atoms with van der Waals surface area (Å²) in [6.07, 6.45) is 0.742. The molecule has 104 valence electrons. The Labute approximate surface area is 109 Å². The zero-order valence-corrected chi connectivity index (χ0v) is 10.5. The Hall–Kier alpha value is -1.98. The first kappa shape index (κ1) is 15.1. The third-order valence-corrected chi connectivity index (χ3v) is 2.56. The molecule has 0 fully saturated rings. The van der Waals surface area contributed by atoms with E-state index in [0.29, 0.717) is 12.8 Å². The van der Waals surface area contributed by atoms with E-state index >= 15 is 0 Å². The van der Waals surface area contributed by atoms with Crippen molar-refractivity contribution in [3.05, 3.63) is 35.4 Å². The minimum Gasteiger partial charge on any atom is -0.480 e. The van der Waals surface area contributed by atoms with E-state index < -0.39 is 29.6 Å². The molecule has 1 amide bonds. The van der Waals surface area contributed by atoms with Crippen molar-refractivity contribution in [1.29, 1.82) is 0 Å². The van der Waals surface area contributed by atoms with Crippen LogP contribution >= 0.6 is 0 Å². The highest BCUT2D eigenvalue weighted by atomic mass is 19.2. The fraction of sp³-hybridized carbons (Fsp3) is 0.385. The van der Waals surface area contributed by atoms with E-state index in [9.17, 15) is 18.4 Å². The lowest BCUT2D eigenvalue weighted by molar-refractivity contribution is -0.141. The van der Waals surface area contributed by atoms with E-state index in [1.807, 2.05) is 0 Å². The predicted molar refractivity (Wildman–Crippen MR) is 64.5 cm³/mol. The van der Waals surface area contributed by atoms with Crippen LogP contribution in [0.2, 0.25) is 0 Å². The maximum atomic E-state index is 12.9. The zero-order chi connectivity index (χ0) is 14.4. The first-order valence-electron chi connectivity index (χ1n) is 5.90. The number of nitrogens with one attached hydrogen (secondary N) is 1. The van der Waals surface area contributed by atoms with E-state index in [0.717, 1.165) is 12.1 Å². The third kappa shape index (κ3) is 4.65. The van der Waals surface area contributed by atoms with Gasteiger partial charge in [-0.05, 0) is 24.1 Å². The van der Waals surface area contributed by atoms with Crippen molar-refractivity contribution in [1.82, 2.24) is 5.32 Å². The molecule has 0 bridgehead atoms. The molecule has 0 aliphatic carbocycles. The van der Waals surface area contributed by atoms with Crippen LogP contribution in [0.5, 0.6) is 0 Å². The number of halogens is 2. The van der Waals surface area contributed by atoms with E-state index in [4.69, 9.17) is 5.11 Å². The molecule has 0 saturated heterocycles. The van der Waals surface area contributed by atoms with Crippen molar-refractivity contribution in [3.8, 4) is 0 Å². The molecule has 0 spiro atoms. The van der Waals surface area contributed by atoms with Gasteiger partial charge in [-0.3, -0.25) is 4.79 Å². The molecule has 0 aromatic heterocycles. The fourth-order valence-corrected chi connectivity index (χ4v) is 1.63. The molecule has 19 heavy (non-hydrogen) atoms. The van der Waals surface area contributed by atoms with Gasteiger partial charge in [-0.15, -0.1) is 0 Å². The van der Waals surface area contributed by atoms with Crippen molar-refractivity contribution in [3.63, 3.8) is 0 Å². The number of amides is 1. The molecular weight excluding hydrogens is 256 g/mol. The van der Waals surface area contributed by atoms with Gasteiger partial charge < -0.3 is 10.4 Å². The minimum absolute atomic E-state index is 0.190. The molecule has 1 rings (SSSR count). The lowest BCUT2D eigenvalue weighted by Gasteiger charge is -2.13. The second-order valence-electron chi connectivity index (χ2n) is 4.17. The topological polar surface area (TPSA) is 66.4 Å². The lowest BCUT2D eigenvalue weighted by Crippen LogP contribution is -2.41. The normalized spacial score (nSPS) is 11.9. The first-order chi connectivity index (χ1) is 8.93. The van der Waals surface area contributed by atoms with Gasteiger partial charge in [0.2, 0.25) is 5.91 Å². The molecule has 0 aliphatic rings. The van der Waals surface area contributed by atoms with Crippen molar-refractivity contribution >= 4 is 11.9 Å². The fourth-order valence-electron chi connectivity index (χ4n) is 1.63. The van der Waals surface area contributed by atoms with Crippen LogP contribution in [-0.2, 0) is 16.0 Å². The van der Waals surface area contributed by atoms with Crippen molar-refractivity contribution < 1.29 is 23.5 Å². The zero-order valence-electron chi connectivity index (χ0n) is 10.5. The Bertz CT molecular complexity index is 477. The Morgan fingerprint density at radius 1 is 1.32 bits per heavy atom. The van der Waals surface area contributed by atoms with Crippen LogP contribution in [0.3, 0.4) is 0 Å². The van der Waals surface area contributed by atoms with Crippen molar-refractivity contribution in [2.45, 2.75) is 32.2 Å². The molecular formula is C13H15F2NO3. The Kier molecular flexibility index (Phi) is 5.41. The van der Waals surface area contributed by atoms with Gasteiger partial charge in [-0.2, -0.15) is 0 Å². The number of carbonyl (C=O) groups excluding carboxylic acids is 1. The van der Waals surface area contributed by atoms with Gasteiger partial charge in [0.15, 0.2) is 11.6 Å². The Balaban J connectivity index is 2.63. The quantitative estimate of drug-likeness (QED) is 0.830. The minimum atomic E-state index is -1.11. The van der Waals surface area contributed by atoms with Gasteiger partial charge in [-0.1, -0.05) is 19.4 Å². The Morgan fingerprint density at radius 2 is 2.00 bits per heavy atom. The molecule has 0 saturated carbocycles. The predicted octanol–water partition coefficient (Wildman–Crippen LogP) is 1.88. The summed E-state index contributed by atoms with van der Waals surface area (Å²) in [5, 5.41) is 11.2. The summed E-state index contributed by atoms with van der Waals surface area (Å²) in [7, 11) is 0. The van der Waals surface area contributed by atoms with Gasteiger partial charge in [0, 0.05) is 0 Å². The number of carboxylic acid groups (broad SMARTS) is 1. The van der Waals surface area contributed by atoms with E-state index in [-0.39, 0.29) is 12.0 Å². The molecule has 0 radical (unpaired) electrons. The van der Waals surface area contributed by atoms with E-state index in [1.54, 1.807) is 6.92 Å². The number of hydrogen-bond donors (Lipinski definition) is 2. The first-order valence-corrected chi connectivity index (χ1v) is 5.90. The maximum absolute atomic E-state index is 12.9. The van der Waals surface area contributed by atoms with Crippen LogP contribution in [0.25, 0.3) is 0 Å². The van der Waals surface area contributed by atoms with Crippen LogP contribution < -0.4 is 5.32 Å². The Morgan fingerprint density at radius 3 is 2.53 bits per heavy atom. The molecule has 1 atom stereocenters. The van der Waals surface area contributed by atoms with Gasteiger partial charge in [0.1, 0.15) is 6.04 Å².